The van der Waals surface area contributed by atoms with Crippen LogP contribution in [-0.4, -0.2) is 98.5 Å². The van der Waals surface area contributed by atoms with Crippen molar-refractivity contribution in [2.45, 2.75) is 77.0 Å². The highest BCUT2D eigenvalue weighted by Crippen LogP contribution is 2.29. The molecule has 0 saturated heterocycles. The van der Waals surface area contributed by atoms with Gasteiger partial charge in [0.1, 0.15) is 22.1 Å². The molecular weight excluding hydrogens is 666 g/mol. The first-order chi connectivity index (χ1) is 23.7. The number of amides is 3. The minimum atomic E-state index is -3.96. The van der Waals surface area contributed by atoms with Crippen LogP contribution in [0.25, 0.3) is 0 Å². The zero-order valence-corrected chi connectivity index (χ0v) is 30.6. The second kappa shape index (κ2) is 17.2. The van der Waals surface area contributed by atoms with Crippen molar-refractivity contribution in [2.75, 3.05) is 51.1 Å². The number of benzene rings is 2. The van der Waals surface area contributed by atoms with Gasteiger partial charge in [0.2, 0.25) is 10.0 Å². The molecule has 0 radical (unpaired) electrons. The molecule has 15 heteroatoms. The number of aryl methyl sites for hydroxylation is 2. The molecule has 0 fully saturated rings. The lowest BCUT2D eigenvalue weighted by atomic mass is 10.0. The molecule has 1 aliphatic heterocycles. The van der Waals surface area contributed by atoms with Gasteiger partial charge in [-0.15, -0.1) is 0 Å². The first kappa shape index (κ1) is 38.6. The molecule has 3 N–H and O–H groups in total. The Morgan fingerprint density at radius 3 is 2.44 bits per heavy atom. The maximum absolute atomic E-state index is 14.4. The Balaban J connectivity index is 1.62. The molecule has 0 unspecified atom stereocenters. The van der Waals surface area contributed by atoms with Crippen LogP contribution >= 0.6 is 0 Å². The van der Waals surface area contributed by atoms with E-state index in [0.717, 1.165) is 6.42 Å². The molecule has 50 heavy (non-hydrogen) atoms. The summed E-state index contributed by atoms with van der Waals surface area (Å²) in [5.74, 6) is 0.412. The van der Waals surface area contributed by atoms with E-state index >= 15 is 0 Å². The number of carbonyl (C=O) groups is 2. The summed E-state index contributed by atoms with van der Waals surface area (Å²) in [4.78, 5) is 28.9. The molecule has 0 aliphatic carbocycles. The van der Waals surface area contributed by atoms with E-state index in [0.29, 0.717) is 42.3 Å². The Labute approximate surface area is 294 Å². The van der Waals surface area contributed by atoms with E-state index in [-0.39, 0.29) is 53.6 Å². The summed E-state index contributed by atoms with van der Waals surface area (Å²) < 4.78 is 51.3. The predicted octanol–water partition coefficient (Wildman–Crippen LogP) is 5.06. The Kier molecular flexibility index (Phi) is 13.3. The Bertz CT molecular complexity index is 1690. The summed E-state index contributed by atoms with van der Waals surface area (Å²) in [7, 11) is -0.917. The number of sulfonamides is 1. The van der Waals surface area contributed by atoms with Crippen LogP contribution in [0.1, 0.15) is 61.8 Å². The van der Waals surface area contributed by atoms with E-state index < -0.39 is 34.1 Å². The third-order valence-electron chi connectivity index (χ3n) is 8.73. The second-order valence-electron chi connectivity index (χ2n) is 12.8. The Morgan fingerprint density at radius 2 is 1.80 bits per heavy atom. The topological polar surface area (TPSA) is 173 Å². The van der Waals surface area contributed by atoms with E-state index in [9.17, 15) is 23.1 Å². The van der Waals surface area contributed by atoms with Crippen LogP contribution in [0.5, 0.6) is 11.5 Å². The highest BCUT2D eigenvalue weighted by Gasteiger charge is 2.34. The largest absolute Gasteiger partial charge is 0.497 e. The third-order valence-corrected chi connectivity index (χ3v) is 10.8. The summed E-state index contributed by atoms with van der Waals surface area (Å²) in [6.45, 7) is 8.87. The molecule has 1 aliphatic rings. The number of carbonyl (C=O) groups excluding carboxylic acids is 2. The van der Waals surface area contributed by atoms with Crippen molar-refractivity contribution in [1.29, 1.82) is 0 Å². The lowest BCUT2D eigenvalue weighted by molar-refractivity contribution is -0.00835. The van der Waals surface area contributed by atoms with Crippen molar-refractivity contribution in [3.05, 3.63) is 59.5 Å². The molecule has 4 atom stereocenters. The SMILES string of the molecule is COc1ccc(NC(=O)Nc2ccc3c(c2)C(=O)N([C@@H](C)CO)C[C@@H](C)[C@@H](CN(C)S(=O)(=O)c2c(C)noc2C)OCCCC[C@@H](C)O3)cc1. The average molecular weight is 716 g/mol. The summed E-state index contributed by atoms with van der Waals surface area (Å²) in [6, 6.07) is 10.6. The van der Waals surface area contributed by atoms with Gasteiger partial charge in [-0.25, -0.2) is 13.2 Å². The summed E-state index contributed by atoms with van der Waals surface area (Å²) in [6.07, 6.45) is 1.33. The summed E-state index contributed by atoms with van der Waals surface area (Å²) >= 11 is 0. The molecular formula is C35H49N5O9S. The number of aliphatic hydroxyl groups excluding tert-OH is 1. The zero-order chi connectivity index (χ0) is 36.6. The van der Waals surface area contributed by atoms with Crippen LogP contribution in [0, 0.1) is 19.8 Å². The van der Waals surface area contributed by atoms with E-state index in [1.54, 1.807) is 70.3 Å². The quantitative estimate of drug-likeness (QED) is 0.272. The summed E-state index contributed by atoms with van der Waals surface area (Å²) in [5.41, 5.74) is 1.38. The molecule has 0 spiro atoms. The van der Waals surface area contributed by atoms with E-state index in [4.69, 9.17) is 18.7 Å². The number of anilines is 2. The number of fused-ring (bicyclic) bond motifs is 1. The molecule has 0 bridgehead atoms. The minimum Gasteiger partial charge on any atom is -0.497 e. The number of aromatic nitrogens is 1. The fourth-order valence-corrected chi connectivity index (χ4v) is 7.25. The molecule has 1 aromatic heterocycles. The number of methoxy groups -OCH3 is 1. The predicted molar refractivity (Wildman–Crippen MR) is 188 cm³/mol. The van der Waals surface area contributed by atoms with Crippen LogP contribution in [0.2, 0.25) is 0 Å². The highest BCUT2D eigenvalue weighted by atomic mass is 32.2. The number of urea groups is 1. The van der Waals surface area contributed by atoms with Gasteiger partial charge >= 0.3 is 6.03 Å². The Morgan fingerprint density at radius 1 is 1.12 bits per heavy atom. The van der Waals surface area contributed by atoms with Gasteiger partial charge in [0.05, 0.1) is 37.5 Å². The monoisotopic (exact) mass is 715 g/mol. The van der Waals surface area contributed by atoms with Crippen molar-refractivity contribution < 1.29 is 41.8 Å². The van der Waals surface area contributed by atoms with Crippen LogP contribution in [0.15, 0.2) is 51.9 Å². The third kappa shape index (κ3) is 9.53. The van der Waals surface area contributed by atoms with Crippen molar-refractivity contribution in [3.8, 4) is 11.5 Å². The Hall–Kier alpha value is -4.18. The number of nitrogens with zero attached hydrogens (tertiary/aromatic N) is 3. The van der Waals surface area contributed by atoms with Crippen LogP contribution in [0.3, 0.4) is 0 Å². The van der Waals surface area contributed by atoms with Gasteiger partial charge < -0.3 is 39.4 Å². The second-order valence-corrected chi connectivity index (χ2v) is 14.7. The molecule has 3 amide bonds. The van der Waals surface area contributed by atoms with Crippen molar-refractivity contribution in [2.24, 2.45) is 5.92 Å². The number of hydrogen-bond acceptors (Lipinski definition) is 10. The van der Waals surface area contributed by atoms with Crippen LogP contribution < -0.4 is 20.1 Å². The first-order valence-electron chi connectivity index (χ1n) is 16.7. The van der Waals surface area contributed by atoms with E-state index in [1.807, 2.05) is 13.8 Å². The highest BCUT2D eigenvalue weighted by molar-refractivity contribution is 7.89. The van der Waals surface area contributed by atoms with Gasteiger partial charge in [-0.05, 0) is 89.4 Å². The number of ether oxygens (including phenoxy) is 3. The van der Waals surface area contributed by atoms with Gasteiger partial charge in [-0.2, -0.15) is 4.31 Å². The van der Waals surface area contributed by atoms with Gasteiger partial charge in [0.15, 0.2) is 5.76 Å². The number of rotatable bonds is 9. The normalized spacial score (nSPS) is 20.0. The molecule has 2 aromatic carbocycles. The van der Waals surface area contributed by atoms with Crippen LogP contribution in [-0.2, 0) is 14.8 Å². The van der Waals surface area contributed by atoms with Crippen molar-refractivity contribution in [3.63, 3.8) is 0 Å². The number of likely N-dealkylation sites (N-methyl/N-ethyl adjacent to an activating group) is 1. The minimum absolute atomic E-state index is 0.0105. The smallest absolute Gasteiger partial charge is 0.323 e. The average Bonchev–Trinajstić information content (AvgIpc) is 3.44. The maximum atomic E-state index is 14.4. The van der Waals surface area contributed by atoms with Gasteiger partial charge in [0.25, 0.3) is 5.91 Å². The number of hydrogen-bond donors (Lipinski definition) is 3. The van der Waals surface area contributed by atoms with Crippen molar-refractivity contribution >= 4 is 33.3 Å². The van der Waals surface area contributed by atoms with Gasteiger partial charge in [-0.1, -0.05) is 12.1 Å². The fraction of sp³-hybridized carbons (Fsp3) is 0.514. The fourth-order valence-electron chi connectivity index (χ4n) is 5.78. The lowest BCUT2D eigenvalue weighted by Gasteiger charge is -2.35. The first-order valence-corrected chi connectivity index (χ1v) is 18.1. The molecule has 0 saturated carbocycles. The van der Waals surface area contributed by atoms with E-state index in [1.165, 1.54) is 16.3 Å². The lowest BCUT2D eigenvalue weighted by Crippen LogP contribution is -2.48. The summed E-state index contributed by atoms with van der Waals surface area (Å²) in [5, 5.41) is 19.6. The number of nitrogens with one attached hydrogen (secondary N) is 2. The number of aliphatic hydroxyl groups is 1. The van der Waals surface area contributed by atoms with Gasteiger partial charge in [-0.3, -0.25) is 4.79 Å². The molecule has 4 rings (SSSR count). The van der Waals surface area contributed by atoms with Gasteiger partial charge in [0, 0.05) is 44.0 Å². The van der Waals surface area contributed by atoms with Crippen LogP contribution in [0.4, 0.5) is 16.2 Å². The standard InChI is InChI=1S/C35H49N5O9S/c1-22-19-40(23(2)21-41)34(42)30-18-28(37-35(43)36-27-11-14-29(46-7)15-12-27)13-16-31(30)48-24(3)10-8-9-17-47-32(22)20-39(6)50(44,45)33-25(4)38-49-26(33)5/h11-16,18,22-24,32,41H,8-10,17,19-21H2,1-7H3,(H2,36,37,43)/t22-,23+,24-,32-/m1/s1. The zero-order valence-electron chi connectivity index (χ0n) is 29.8. The molecule has 274 valence electrons. The van der Waals surface area contributed by atoms with E-state index in [2.05, 4.69) is 15.8 Å². The molecule has 3 aromatic rings. The molecule has 14 nitrogen and oxygen atoms in total. The maximum Gasteiger partial charge on any atom is 0.323 e. The molecule has 2 heterocycles. The van der Waals surface area contributed by atoms with Crippen molar-refractivity contribution in [1.82, 2.24) is 14.4 Å².